The van der Waals surface area contributed by atoms with Gasteiger partial charge in [-0.05, 0) is 53.9 Å². The third-order valence-electron chi connectivity index (χ3n) is 6.34. The number of aromatic hydroxyl groups is 1. The highest BCUT2D eigenvalue weighted by atomic mass is 16.5. The second-order valence-corrected chi connectivity index (χ2v) is 8.60. The van der Waals surface area contributed by atoms with Crippen molar-refractivity contribution in [2.24, 2.45) is 10.2 Å². The molecule has 0 fully saturated rings. The van der Waals surface area contributed by atoms with E-state index in [0.717, 1.165) is 27.2 Å². The van der Waals surface area contributed by atoms with Gasteiger partial charge in [0.15, 0.2) is 5.75 Å². The molecule has 5 aromatic carbocycles. The Morgan fingerprint density at radius 3 is 2.41 bits per heavy atom. The lowest BCUT2D eigenvalue weighted by Gasteiger charge is -2.12. The third kappa shape index (κ3) is 4.02. The Balaban J connectivity index is 1.54. The summed E-state index contributed by atoms with van der Waals surface area (Å²) in [6.07, 6.45) is 0. The molecule has 1 amide bonds. The van der Waals surface area contributed by atoms with Gasteiger partial charge in [-0.2, -0.15) is 5.11 Å². The van der Waals surface area contributed by atoms with E-state index in [1.807, 2.05) is 66.7 Å². The van der Waals surface area contributed by atoms with Crippen LogP contribution in [0.2, 0.25) is 0 Å². The number of carbonyl (C=O) groups excluding carboxylic acids is 1. The first-order valence-electron chi connectivity index (χ1n) is 11.7. The molecular weight excluding hydrogens is 464 g/mol. The van der Waals surface area contributed by atoms with Crippen molar-refractivity contribution < 1.29 is 14.6 Å². The summed E-state index contributed by atoms with van der Waals surface area (Å²) in [5.74, 6) is -0.0284. The second-order valence-electron chi connectivity index (χ2n) is 8.60. The first kappa shape index (κ1) is 22.3. The quantitative estimate of drug-likeness (QED) is 0.216. The molecule has 0 aliphatic carbocycles. The Hall–Kier alpha value is -5.17. The van der Waals surface area contributed by atoms with Crippen molar-refractivity contribution in [1.82, 2.24) is 4.98 Å². The molecule has 6 aromatic rings. The van der Waals surface area contributed by atoms with Crippen molar-refractivity contribution in [3.8, 4) is 11.5 Å². The van der Waals surface area contributed by atoms with Crippen LogP contribution < -0.4 is 10.1 Å². The van der Waals surface area contributed by atoms with Gasteiger partial charge >= 0.3 is 0 Å². The lowest BCUT2D eigenvalue weighted by Crippen LogP contribution is -2.12. The largest absolute Gasteiger partial charge is 0.505 e. The maximum absolute atomic E-state index is 13.3. The van der Waals surface area contributed by atoms with Gasteiger partial charge in [0.1, 0.15) is 11.4 Å². The summed E-state index contributed by atoms with van der Waals surface area (Å²) in [5, 5.41) is 26.5. The fraction of sp³-hybridized carbons (Fsp3) is 0.0333. The molecule has 37 heavy (non-hydrogen) atoms. The topological polar surface area (TPSA) is 99.1 Å². The highest BCUT2D eigenvalue weighted by molar-refractivity contribution is 6.22. The van der Waals surface area contributed by atoms with Crippen molar-refractivity contribution >= 4 is 55.5 Å². The number of amides is 1. The number of hydrogen-bond donors (Lipinski definition) is 3. The number of H-pyrrole nitrogens is 1. The normalized spacial score (nSPS) is 11.5. The van der Waals surface area contributed by atoms with Crippen LogP contribution in [0.5, 0.6) is 11.5 Å². The average Bonchev–Trinajstić information content (AvgIpc) is 3.32. The smallest absolute Gasteiger partial charge is 0.259 e. The maximum Gasteiger partial charge on any atom is 0.259 e. The molecule has 7 heteroatoms. The van der Waals surface area contributed by atoms with E-state index in [4.69, 9.17) is 4.74 Å². The molecule has 6 rings (SSSR count). The number of nitrogens with zero attached hydrogens (tertiary/aromatic N) is 2. The summed E-state index contributed by atoms with van der Waals surface area (Å²) >= 11 is 0. The predicted octanol–water partition coefficient (Wildman–Crippen LogP) is 7.86. The standard InChI is InChI=1S/C30H22N4O3/c1-37-21-14-12-19(13-15-21)31-30(36)24-17-18-11-16-23-22-9-5-6-10-25(22)32-27(23)26(18)28(29(24)35)34-33-20-7-3-2-4-8-20/h2-17,32,35H,1H3,(H,31,36). The molecule has 1 heterocycles. The number of rotatable bonds is 5. The summed E-state index contributed by atoms with van der Waals surface area (Å²) in [6, 6.07) is 29.9. The Labute approximate surface area is 212 Å². The zero-order valence-electron chi connectivity index (χ0n) is 19.9. The van der Waals surface area contributed by atoms with Gasteiger partial charge in [0.25, 0.3) is 5.91 Å². The second kappa shape index (κ2) is 9.13. The van der Waals surface area contributed by atoms with Crippen molar-refractivity contribution in [2.45, 2.75) is 0 Å². The van der Waals surface area contributed by atoms with Gasteiger partial charge in [-0.1, -0.05) is 48.5 Å². The molecular formula is C30H22N4O3. The minimum absolute atomic E-state index is 0.0980. The van der Waals surface area contributed by atoms with E-state index < -0.39 is 5.91 Å². The van der Waals surface area contributed by atoms with Gasteiger partial charge in [-0.25, -0.2) is 0 Å². The number of aromatic amines is 1. The summed E-state index contributed by atoms with van der Waals surface area (Å²) < 4.78 is 5.18. The zero-order chi connectivity index (χ0) is 25.4. The molecule has 180 valence electrons. The van der Waals surface area contributed by atoms with Crippen LogP contribution >= 0.6 is 0 Å². The number of nitrogens with one attached hydrogen (secondary N) is 2. The highest BCUT2D eigenvalue weighted by Gasteiger charge is 2.21. The number of ether oxygens (including phenoxy) is 1. The highest BCUT2D eigenvalue weighted by Crippen LogP contribution is 2.44. The number of para-hydroxylation sites is 1. The molecule has 0 saturated heterocycles. The molecule has 0 aliphatic heterocycles. The van der Waals surface area contributed by atoms with Crippen LogP contribution in [0.4, 0.5) is 17.1 Å². The van der Waals surface area contributed by atoms with Crippen LogP contribution in [-0.2, 0) is 0 Å². The molecule has 3 N–H and O–H groups in total. The third-order valence-corrected chi connectivity index (χ3v) is 6.34. The molecule has 0 atom stereocenters. The van der Waals surface area contributed by atoms with Crippen LogP contribution in [0.1, 0.15) is 10.4 Å². The first-order valence-corrected chi connectivity index (χ1v) is 11.7. The van der Waals surface area contributed by atoms with E-state index in [1.165, 1.54) is 0 Å². The van der Waals surface area contributed by atoms with Crippen molar-refractivity contribution in [3.63, 3.8) is 0 Å². The van der Waals surface area contributed by atoms with Gasteiger partial charge < -0.3 is 20.1 Å². The van der Waals surface area contributed by atoms with E-state index in [-0.39, 0.29) is 17.0 Å². The fourth-order valence-corrected chi connectivity index (χ4v) is 4.53. The van der Waals surface area contributed by atoms with E-state index in [2.05, 4.69) is 20.5 Å². The Kier molecular flexibility index (Phi) is 5.50. The summed E-state index contributed by atoms with van der Waals surface area (Å²) in [5.41, 5.74) is 3.31. The fourth-order valence-electron chi connectivity index (χ4n) is 4.53. The molecule has 0 radical (unpaired) electrons. The van der Waals surface area contributed by atoms with Crippen LogP contribution in [0, 0.1) is 0 Å². The van der Waals surface area contributed by atoms with E-state index in [1.54, 1.807) is 37.4 Å². The predicted molar refractivity (Wildman–Crippen MR) is 147 cm³/mol. The Morgan fingerprint density at radius 2 is 1.62 bits per heavy atom. The Morgan fingerprint density at radius 1 is 0.865 bits per heavy atom. The minimum Gasteiger partial charge on any atom is -0.505 e. The number of carbonyl (C=O) groups is 1. The molecule has 7 nitrogen and oxygen atoms in total. The number of methoxy groups -OCH3 is 1. The van der Waals surface area contributed by atoms with Crippen LogP contribution in [0.25, 0.3) is 32.6 Å². The zero-order valence-corrected chi connectivity index (χ0v) is 19.9. The van der Waals surface area contributed by atoms with Gasteiger partial charge in [-0.3, -0.25) is 4.79 Å². The molecule has 1 aromatic heterocycles. The van der Waals surface area contributed by atoms with Gasteiger partial charge in [0.05, 0.1) is 23.9 Å². The molecule has 0 bridgehead atoms. The number of phenolic OH excluding ortho intramolecular Hbond substituents is 1. The first-order chi connectivity index (χ1) is 18.1. The van der Waals surface area contributed by atoms with E-state index >= 15 is 0 Å². The average molecular weight is 487 g/mol. The van der Waals surface area contributed by atoms with Crippen LogP contribution in [-0.4, -0.2) is 23.1 Å². The monoisotopic (exact) mass is 486 g/mol. The van der Waals surface area contributed by atoms with Crippen LogP contribution in [0.15, 0.2) is 107 Å². The maximum atomic E-state index is 13.3. The van der Waals surface area contributed by atoms with Crippen LogP contribution in [0.3, 0.4) is 0 Å². The summed E-state index contributed by atoms with van der Waals surface area (Å²) in [7, 11) is 1.58. The van der Waals surface area contributed by atoms with Crippen molar-refractivity contribution in [1.29, 1.82) is 0 Å². The Bertz CT molecular complexity index is 1810. The number of fused-ring (bicyclic) bond motifs is 5. The number of benzene rings is 5. The molecule has 0 unspecified atom stereocenters. The number of hydrogen-bond acceptors (Lipinski definition) is 5. The summed E-state index contributed by atoms with van der Waals surface area (Å²) in [6.45, 7) is 0. The number of phenols is 1. The molecule has 0 saturated carbocycles. The van der Waals surface area contributed by atoms with Gasteiger partial charge in [-0.15, -0.1) is 5.11 Å². The summed E-state index contributed by atoms with van der Waals surface area (Å²) in [4.78, 5) is 16.7. The lowest BCUT2D eigenvalue weighted by molar-refractivity contribution is 0.102. The molecule has 0 spiro atoms. The lowest BCUT2D eigenvalue weighted by atomic mass is 10.00. The van der Waals surface area contributed by atoms with Gasteiger partial charge in [0.2, 0.25) is 0 Å². The van der Waals surface area contributed by atoms with E-state index in [0.29, 0.717) is 22.5 Å². The van der Waals surface area contributed by atoms with Gasteiger partial charge in [0, 0.05) is 27.4 Å². The SMILES string of the molecule is COc1ccc(NC(=O)c2cc3ccc4c5ccccc5[nH]c4c3c(N=Nc3ccccc3)c2O)cc1. The minimum atomic E-state index is -0.461. The van der Waals surface area contributed by atoms with Crippen molar-refractivity contribution in [2.75, 3.05) is 12.4 Å². The number of anilines is 1. The number of aromatic nitrogens is 1. The van der Waals surface area contributed by atoms with E-state index in [9.17, 15) is 9.90 Å². The molecule has 0 aliphatic rings. The van der Waals surface area contributed by atoms with Crippen molar-refractivity contribution in [3.05, 3.63) is 103 Å². The number of azo groups is 1.